The van der Waals surface area contributed by atoms with E-state index in [9.17, 15) is 0 Å². The van der Waals surface area contributed by atoms with E-state index in [1.807, 2.05) is 23.1 Å². The molecule has 0 radical (unpaired) electrons. The molecule has 0 aliphatic rings. The van der Waals surface area contributed by atoms with E-state index in [0.29, 0.717) is 0 Å². The number of rotatable bonds is 6. The van der Waals surface area contributed by atoms with Crippen LogP contribution in [0.2, 0.25) is 0 Å². The Kier molecular flexibility index (Phi) is 3.93. The van der Waals surface area contributed by atoms with Gasteiger partial charge in [0.1, 0.15) is 5.82 Å². The zero-order valence-corrected chi connectivity index (χ0v) is 10.3. The number of hydrogen-bond acceptors (Lipinski definition) is 3. The fourth-order valence-corrected chi connectivity index (χ4v) is 1.93. The maximum atomic E-state index is 4.29. The molecule has 2 N–H and O–H groups in total. The molecule has 0 aliphatic carbocycles. The van der Waals surface area contributed by atoms with Gasteiger partial charge in [-0.3, -0.25) is 4.68 Å². The highest BCUT2D eigenvalue weighted by atomic mass is 15.3. The summed E-state index contributed by atoms with van der Waals surface area (Å²) in [5, 5.41) is 7.75. The van der Waals surface area contributed by atoms with Crippen molar-refractivity contribution in [2.45, 2.75) is 39.4 Å². The van der Waals surface area contributed by atoms with Crippen LogP contribution in [-0.4, -0.2) is 19.7 Å². The lowest BCUT2D eigenvalue weighted by atomic mass is 10.2. The van der Waals surface area contributed by atoms with E-state index in [-0.39, 0.29) is 6.04 Å². The molecule has 1 atom stereocenters. The van der Waals surface area contributed by atoms with E-state index in [0.717, 1.165) is 25.3 Å². The van der Waals surface area contributed by atoms with Gasteiger partial charge in [0.25, 0.3) is 0 Å². The van der Waals surface area contributed by atoms with E-state index in [4.69, 9.17) is 0 Å². The third-order valence-electron chi connectivity index (χ3n) is 2.89. The summed E-state index contributed by atoms with van der Waals surface area (Å²) in [4.78, 5) is 7.44. The molecule has 2 heterocycles. The van der Waals surface area contributed by atoms with Crippen molar-refractivity contribution in [3.05, 3.63) is 36.2 Å². The molecule has 0 saturated heterocycles. The number of imidazole rings is 1. The van der Waals surface area contributed by atoms with Crippen LogP contribution in [0.15, 0.2) is 24.7 Å². The predicted octanol–water partition coefficient (Wildman–Crippen LogP) is 1.87. The van der Waals surface area contributed by atoms with E-state index >= 15 is 0 Å². The van der Waals surface area contributed by atoms with Crippen molar-refractivity contribution in [3.8, 4) is 0 Å². The maximum absolute atomic E-state index is 4.29. The number of nitrogens with one attached hydrogen (secondary N) is 2. The molecule has 2 aromatic rings. The summed E-state index contributed by atoms with van der Waals surface area (Å²) >= 11 is 0. The Morgan fingerprint density at radius 1 is 1.41 bits per heavy atom. The highest BCUT2D eigenvalue weighted by molar-refractivity contribution is 5.02. The summed E-state index contributed by atoms with van der Waals surface area (Å²) in [7, 11) is 0. The van der Waals surface area contributed by atoms with Crippen molar-refractivity contribution in [1.82, 2.24) is 25.1 Å². The Balaban J connectivity index is 1.97. The van der Waals surface area contributed by atoms with Crippen molar-refractivity contribution in [3.63, 3.8) is 0 Å². The largest absolute Gasteiger partial charge is 0.347 e. The van der Waals surface area contributed by atoms with Crippen molar-refractivity contribution < 1.29 is 0 Å². The second kappa shape index (κ2) is 5.63. The Labute approximate surface area is 101 Å². The first kappa shape index (κ1) is 11.9. The number of aromatic nitrogens is 4. The molecule has 5 nitrogen and oxygen atoms in total. The fourth-order valence-electron chi connectivity index (χ4n) is 1.93. The van der Waals surface area contributed by atoms with Gasteiger partial charge < -0.3 is 10.3 Å². The topological polar surface area (TPSA) is 58.5 Å². The van der Waals surface area contributed by atoms with Crippen LogP contribution in [0.4, 0.5) is 0 Å². The van der Waals surface area contributed by atoms with Crippen LogP contribution in [0.5, 0.6) is 0 Å². The molecule has 0 fully saturated rings. The molecule has 2 aromatic heterocycles. The molecular weight excluding hydrogens is 214 g/mol. The molecule has 0 aromatic carbocycles. The van der Waals surface area contributed by atoms with Crippen molar-refractivity contribution in [1.29, 1.82) is 0 Å². The fraction of sp³-hybridized carbons (Fsp3) is 0.500. The van der Waals surface area contributed by atoms with E-state index in [1.165, 1.54) is 5.69 Å². The van der Waals surface area contributed by atoms with Crippen molar-refractivity contribution in [2.24, 2.45) is 0 Å². The Bertz CT molecular complexity index is 431. The number of aromatic amines is 1. The summed E-state index contributed by atoms with van der Waals surface area (Å²) in [5.41, 5.74) is 1.21. The molecular formula is C12H19N5. The lowest BCUT2D eigenvalue weighted by Crippen LogP contribution is -2.23. The average molecular weight is 233 g/mol. The summed E-state index contributed by atoms with van der Waals surface area (Å²) in [5.74, 6) is 0.995. The number of hydrogen-bond donors (Lipinski definition) is 2. The van der Waals surface area contributed by atoms with Gasteiger partial charge in [-0.15, -0.1) is 0 Å². The lowest BCUT2D eigenvalue weighted by Gasteiger charge is -2.15. The smallest absolute Gasteiger partial charge is 0.123 e. The van der Waals surface area contributed by atoms with Gasteiger partial charge in [0, 0.05) is 31.7 Å². The molecule has 92 valence electrons. The third-order valence-corrected chi connectivity index (χ3v) is 2.89. The second-order valence-electron chi connectivity index (χ2n) is 3.95. The minimum absolute atomic E-state index is 0.269. The minimum atomic E-state index is 0.269. The first-order chi connectivity index (χ1) is 8.35. The van der Waals surface area contributed by atoms with Gasteiger partial charge in [0.05, 0.1) is 11.7 Å². The Morgan fingerprint density at radius 3 is 2.94 bits per heavy atom. The zero-order valence-electron chi connectivity index (χ0n) is 10.3. The zero-order chi connectivity index (χ0) is 12.1. The first-order valence-electron chi connectivity index (χ1n) is 6.08. The Morgan fingerprint density at radius 2 is 2.29 bits per heavy atom. The van der Waals surface area contributed by atoms with Gasteiger partial charge in [-0.2, -0.15) is 5.10 Å². The van der Waals surface area contributed by atoms with Crippen LogP contribution in [0.3, 0.4) is 0 Å². The van der Waals surface area contributed by atoms with Gasteiger partial charge in [-0.25, -0.2) is 4.98 Å². The summed E-state index contributed by atoms with van der Waals surface area (Å²) in [6.45, 7) is 5.96. The molecule has 0 spiro atoms. The number of aryl methyl sites for hydroxylation is 1. The second-order valence-corrected chi connectivity index (χ2v) is 3.95. The van der Waals surface area contributed by atoms with Gasteiger partial charge in [-0.05, 0) is 19.4 Å². The van der Waals surface area contributed by atoms with Crippen molar-refractivity contribution >= 4 is 0 Å². The average Bonchev–Trinajstić information content (AvgIpc) is 2.99. The first-order valence-corrected chi connectivity index (χ1v) is 6.08. The monoisotopic (exact) mass is 233 g/mol. The molecule has 2 rings (SSSR count). The molecule has 0 bridgehead atoms. The SMILES string of the molecule is CCC(NCc1ccnn1CC)c1ncc[nH]1. The van der Waals surface area contributed by atoms with Crippen LogP contribution in [0.1, 0.15) is 37.8 Å². The highest BCUT2D eigenvalue weighted by Gasteiger charge is 2.11. The van der Waals surface area contributed by atoms with E-state index < -0.39 is 0 Å². The minimum Gasteiger partial charge on any atom is -0.347 e. The van der Waals surface area contributed by atoms with Crippen molar-refractivity contribution in [2.75, 3.05) is 0 Å². The van der Waals surface area contributed by atoms with Gasteiger partial charge >= 0.3 is 0 Å². The maximum Gasteiger partial charge on any atom is 0.123 e. The van der Waals surface area contributed by atoms with Crippen LogP contribution in [0.25, 0.3) is 0 Å². The number of nitrogens with zero attached hydrogens (tertiary/aromatic N) is 3. The summed E-state index contributed by atoms with van der Waals surface area (Å²) in [6.07, 6.45) is 6.49. The Hall–Kier alpha value is -1.62. The highest BCUT2D eigenvalue weighted by Crippen LogP contribution is 2.12. The van der Waals surface area contributed by atoms with Crippen LogP contribution in [0, 0.1) is 0 Å². The molecule has 1 unspecified atom stereocenters. The molecule has 5 heteroatoms. The summed E-state index contributed by atoms with van der Waals surface area (Å²) in [6, 6.07) is 2.32. The van der Waals surface area contributed by atoms with Crippen LogP contribution < -0.4 is 5.32 Å². The normalized spacial score (nSPS) is 12.8. The van der Waals surface area contributed by atoms with Crippen LogP contribution >= 0.6 is 0 Å². The lowest BCUT2D eigenvalue weighted by molar-refractivity contribution is 0.478. The summed E-state index contributed by atoms with van der Waals surface area (Å²) < 4.78 is 2.00. The molecule has 17 heavy (non-hydrogen) atoms. The molecule has 0 aliphatic heterocycles. The number of H-pyrrole nitrogens is 1. The third kappa shape index (κ3) is 2.74. The molecule has 0 saturated carbocycles. The standard InChI is InChI=1S/C12H19N5/c1-3-11(12-13-7-8-14-12)15-9-10-5-6-16-17(10)4-2/h5-8,11,15H,3-4,9H2,1-2H3,(H,13,14). The molecule has 0 amide bonds. The van der Waals surface area contributed by atoms with E-state index in [2.05, 4.69) is 34.2 Å². The van der Waals surface area contributed by atoms with E-state index in [1.54, 1.807) is 6.20 Å². The van der Waals surface area contributed by atoms with Gasteiger partial charge in [0.15, 0.2) is 0 Å². The van der Waals surface area contributed by atoms with Crippen LogP contribution in [-0.2, 0) is 13.1 Å². The quantitative estimate of drug-likeness (QED) is 0.800. The van der Waals surface area contributed by atoms with Gasteiger partial charge in [-0.1, -0.05) is 6.92 Å². The predicted molar refractivity (Wildman–Crippen MR) is 66.4 cm³/mol. The van der Waals surface area contributed by atoms with Gasteiger partial charge in [0.2, 0.25) is 0 Å².